The standard InChI is InChI=1S/C27H29NO2S/c1-3-28(4-2)17-18-30-24-15-11-21(12-16-24)27-25(20-9-13-23(29)14-10-20)19-22-7-5-6-8-26(22)31-27/h5-16,19,27,29H,3-4,17-18H2,1-2H3. The molecule has 0 aromatic heterocycles. The molecule has 1 atom stereocenters. The number of benzene rings is 3. The molecule has 1 unspecified atom stereocenters. The molecule has 3 aromatic rings. The summed E-state index contributed by atoms with van der Waals surface area (Å²) >= 11 is 1.87. The van der Waals surface area contributed by atoms with E-state index in [9.17, 15) is 5.11 Å². The van der Waals surface area contributed by atoms with Crippen LogP contribution in [0.1, 0.15) is 35.8 Å². The summed E-state index contributed by atoms with van der Waals surface area (Å²) in [6.45, 7) is 8.09. The number of fused-ring (bicyclic) bond motifs is 1. The van der Waals surface area contributed by atoms with E-state index in [0.29, 0.717) is 6.61 Å². The molecule has 31 heavy (non-hydrogen) atoms. The highest BCUT2D eigenvalue weighted by atomic mass is 32.2. The van der Waals surface area contributed by atoms with Crippen molar-refractivity contribution in [3.63, 3.8) is 0 Å². The Hall–Kier alpha value is -2.69. The van der Waals surface area contributed by atoms with Crippen LogP contribution >= 0.6 is 11.8 Å². The van der Waals surface area contributed by atoms with Crippen molar-refractivity contribution < 1.29 is 9.84 Å². The predicted octanol–water partition coefficient (Wildman–Crippen LogP) is 6.50. The largest absolute Gasteiger partial charge is 0.508 e. The van der Waals surface area contributed by atoms with Gasteiger partial charge in [0.1, 0.15) is 18.1 Å². The van der Waals surface area contributed by atoms with Crippen LogP contribution in [0.3, 0.4) is 0 Å². The van der Waals surface area contributed by atoms with Crippen LogP contribution < -0.4 is 4.74 Å². The van der Waals surface area contributed by atoms with Crippen molar-refractivity contribution in [3.05, 3.63) is 89.5 Å². The Morgan fingerprint density at radius 3 is 2.32 bits per heavy atom. The van der Waals surface area contributed by atoms with Gasteiger partial charge in [0.05, 0.1) is 5.25 Å². The van der Waals surface area contributed by atoms with Crippen LogP contribution in [-0.4, -0.2) is 36.2 Å². The van der Waals surface area contributed by atoms with E-state index in [4.69, 9.17) is 4.74 Å². The number of thioether (sulfide) groups is 1. The third-order valence-corrected chi connectivity index (χ3v) is 7.10. The molecule has 3 aromatic carbocycles. The zero-order valence-corrected chi connectivity index (χ0v) is 18.9. The summed E-state index contributed by atoms with van der Waals surface area (Å²) in [7, 11) is 0. The third kappa shape index (κ3) is 5.15. The van der Waals surface area contributed by atoms with Crippen LogP contribution in [-0.2, 0) is 0 Å². The number of ether oxygens (including phenoxy) is 1. The van der Waals surface area contributed by atoms with Crippen molar-refractivity contribution in [2.45, 2.75) is 24.0 Å². The van der Waals surface area contributed by atoms with Crippen LogP contribution in [0, 0.1) is 0 Å². The van der Waals surface area contributed by atoms with Crippen LogP contribution in [0.2, 0.25) is 0 Å². The molecule has 1 aliphatic rings. The number of likely N-dealkylation sites (N-methyl/N-ethyl adjacent to an activating group) is 1. The summed E-state index contributed by atoms with van der Waals surface area (Å²) in [5.74, 6) is 1.20. The highest BCUT2D eigenvalue weighted by Crippen LogP contribution is 2.50. The smallest absolute Gasteiger partial charge is 0.119 e. The maximum atomic E-state index is 9.72. The molecular formula is C27H29NO2S. The van der Waals surface area contributed by atoms with Crippen molar-refractivity contribution in [2.24, 2.45) is 0 Å². The van der Waals surface area contributed by atoms with Gasteiger partial charge >= 0.3 is 0 Å². The Morgan fingerprint density at radius 2 is 1.61 bits per heavy atom. The van der Waals surface area contributed by atoms with Crippen LogP contribution in [0.15, 0.2) is 77.7 Å². The van der Waals surface area contributed by atoms with Gasteiger partial charge in [0.2, 0.25) is 0 Å². The second-order valence-electron chi connectivity index (χ2n) is 7.63. The first-order chi connectivity index (χ1) is 15.2. The highest BCUT2D eigenvalue weighted by Gasteiger charge is 2.25. The van der Waals surface area contributed by atoms with Crippen LogP contribution in [0.4, 0.5) is 0 Å². The lowest BCUT2D eigenvalue weighted by atomic mass is 9.94. The van der Waals surface area contributed by atoms with E-state index in [2.05, 4.69) is 73.4 Å². The summed E-state index contributed by atoms with van der Waals surface area (Å²) < 4.78 is 5.97. The lowest BCUT2D eigenvalue weighted by molar-refractivity contribution is 0.223. The van der Waals surface area contributed by atoms with Gasteiger partial charge in [-0.05, 0) is 71.8 Å². The number of rotatable bonds is 8. The second kappa shape index (κ2) is 10.1. The molecule has 4 rings (SSSR count). The van der Waals surface area contributed by atoms with Crippen molar-refractivity contribution in [3.8, 4) is 11.5 Å². The number of nitrogens with zero attached hydrogens (tertiary/aromatic N) is 1. The average molecular weight is 432 g/mol. The fraction of sp³-hybridized carbons (Fsp3) is 0.259. The Kier molecular flexibility index (Phi) is 7.00. The lowest BCUT2D eigenvalue weighted by Gasteiger charge is -2.26. The first-order valence-electron chi connectivity index (χ1n) is 10.9. The topological polar surface area (TPSA) is 32.7 Å². The number of phenols is 1. The van der Waals surface area contributed by atoms with Crippen molar-refractivity contribution in [1.82, 2.24) is 4.90 Å². The molecule has 0 spiro atoms. The summed E-state index contributed by atoms with van der Waals surface area (Å²) in [6.07, 6.45) is 2.28. The average Bonchev–Trinajstić information content (AvgIpc) is 2.82. The van der Waals surface area contributed by atoms with Gasteiger partial charge in [0.15, 0.2) is 0 Å². The molecule has 0 aliphatic carbocycles. The number of hydrogen-bond acceptors (Lipinski definition) is 4. The first kappa shape index (κ1) is 21.5. The molecule has 0 saturated heterocycles. The van der Waals surface area contributed by atoms with E-state index in [1.807, 2.05) is 23.9 Å². The summed E-state index contributed by atoms with van der Waals surface area (Å²) in [5, 5.41) is 9.91. The van der Waals surface area contributed by atoms with Crippen LogP contribution in [0.5, 0.6) is 11.5 Å². The molecule has 1 heterocycles. The Labute approximate surface area is 189 Å². The van der Waals surface area contributed by atoms with Crippen molar-refractivity contribution >= 4 is 23.4 Å². The third-order valence-electron chi connectivity index (χ3n) is 5.71. The van der Waals surface area contributed by atoms with Gasteiger partial charge in [0.25, 0.3) is 0 Å². The molecule has 0 saturated carbocycles. The van der Waals surface area contributed by atoms with E-state index >= 15 is 0 Å². The van der Waals surface area contributed by atoms with Gasteiger partial charge in [0, 0.05) is 11.4 Å². The minimum Gasteiger partial charge on any atom is -0.508 e. The van der Waals surface area contributed by atoms with Gasteiger partial charge in [-0.2, -0.15) is 0 Å². The Bertz CT molecular complexity index is 1020. The highest BCUT2D eigenvalue weighted by molar-refractivity contribution is 8.00. The molecule has 4 heteroatoms. The second-order valence-corrected chi connectivity index (χ2v) is 8.77. The van der Waals surface area contributed by atoms with E-state index in [-0.39, 0.29) is 11.0 Å². The molecule has 1 N–H and O–H groups in total. The van der Waals surface area contributed by atoms with Gasteiger partial charge in [-0.1, -0.05) is 56.3 Å². The van der Waals surface area contributed by atoms with E-state index < -0.39 is 0 Å². The fourth-order valence-electron chi connectivity index (χ4n) is 3.85. The quantitative estimate of drug-likeness (QED) is 0.441. The van der Waals surface area contributed by atoms with Crippen molar-refractivity contribution in [2.75, 3.05) is 26.2 Å². The first-order valence-corrected chi connectivity index (χ1v) is 11.8. The number of aromatic hydroxyl groups is 1. The monoisotopic (exact) mass is 431 g/mol. The summed E-state index contributed by atoms with van der Waals surface area (Å²) in [5.41, 5.74) is 4.86. The van der Waals surface area contributed by atoms with Crippen LogP contribution in [0.25, 0.3) is 11.6 Å². The SMILES string of the molecule is CCN(CC)CCOc1ccc(C2Sc3ccccc3C=C2c2ccc(O)cc2)cc1. The maximum absolute atomic E-state index is 9.72. The van der Waals surface area contributed by atoms with E-state index in [1.54, 1.807) is 12.1 Å². The Morgan fingerprint density at radius 1 is 0.903 bits per heavy atom. The summed E-state index contributed by atoms with van der Waals surface area (Å²) in [4.78, 5) is 3.65. The van der Waals surface area contributed by atoms with Gasteiger partial charge in [-0.25, -0.2) is 0 Å². The molecule has 0 bridgehead atoms. The molecule has 0 amide bonds. The molecule has 3 nitrogen and oxygen atoms in total. The van der Waals surface area contributed by atoms with Crippen molar-refractivity contribution in [1.29, 1.82) is 0 Å². The minimum atomic E-state index is 0.184. The van der Waals surface area contributed by atoms with Gasteiger partial charge in [-0.15, -0.1) is 11.8 Å². The van der Waals surface area contributed by atoms with E-state index in [0.717, 1.165) is 30.9 Å². The minimum absolute atomic E-state index is 0.184. The molecule has 0 radical (unpaired) electrons. The lowest BCUT2D eigenvalue weighted by Crippen LogP contribution is -2.27. The molecule has 0 fully saturated rings. The predicted molar refractivity (Wildman–Crippen MR) is 131 cm³/mol. The zero-order chi connectivity index (χ0) is 21.6. The molecule has 160 valence electrons. The maximum Gasteiger partial charge on any atom is 0.119 e. The Balaban J connectivity index is 1.56. The zero-order valence-electron chi connectivity index (χ0n) is 18.1. The number of hydrogen-bond donors (Lipinski definition) is 1. The molecular weight excluding hydrogens is 402 g/mol. The van der Waals surface area contributed by atoms with Gasteiger partial charge in [-0.3, -0.25) is 0 Å². The van der Waals surface area contributed by atoms with Gasteiger partial charge < -0.3 is 14.7 Å². The summed E-state index contributed by atoms with van der Waals surface area (Å²) in [6, 6.07) is 24.5. The normalized spacial score (nSPS) is 15.5. The fourth-order valence-corrected chi connectivity index (χ4v) is 5.15. The van der Waals surface area contributed by atoms with E-state index in [1.165, 1.54) is 21.6 Å². The molecule has 1 aliphatic heterocycles. The number of phenolic OH excluding ortho intramolecular Hbond substituents is 1.